The Balaban J connectivity index is 1.92. The Labute approximate surface area is 118 Å². The first-order valence-corrected chi connectivity index (χ1v) is 7.07. The molecule has 1 aliphatic rings. The molecule has 0 heterocycles. The van der Waals surface area contributed by atoms with Crippen molar-refractivity contribution in [1.82, 2.24) is 5.32 Å². The molecular formula is C17H19FN2. The predicted molar refractivity (Wildman–Crippen MR) is 79.8 cm³/mol. The number of nitrogens with two attached hydrogens (primary N) is 1. The molecule has 0 bridgehead atoms. The second-order valence-corrected chi connectivity index (χ2v) is 5.48. The van der Waals surface area contributed by atoms with Crippen LogP contribution in [0.15, 0.2) is 48.5 Å². The summed E-state index contributed by atoms with van der Waals surface area (Å²) in [6, 6.07) is 14.5. The Hall–Kier alpha value is -1.87. The van der Waals surface area contributed by atoms with Crippen molar-refractivity contribution < 1.29 is 4.39 Å². The van der Waals surface area contributed by atoms with Gasteiger partial charge in [0.1, 0.15) is 5.82 Å². The molecule has 0 aliphatic heterocycles. The van der Waals surface area contributed by atoms with Gasteiger partial charge >= 0.3 is 0 Å². The van der Waals surface area contributed by atoms with Crippen LogP contribution in [0.3, 0.4) is 0 Å². The van der Waals surface area contributed by atoms with Gasteiger partial charge < -0.3 is 11.1 Å². The summed E-state index contributed by atoms with van der Waals surface area (Å²) in [7, 11) is 0. The smallest absolute Gasteiger partial charge is 0.128 e. The molecule has 0 aromatic heterocycles. The van der Waals surface area contributed by atoms with E-state index in [9.17, 15) is 4.39 Å². The molecule has 2 nitrogen and oxygen atoms in total. The van der Waals surface area contributed by atoms with E-state index in [1.54, 1.807) is 6.07 Å². The van der Waals surface area contributed by atoms with E-state index in [0.717, 1.165) is 18.0 Å². The van der Waals surface area contributed by atoms with Crippen molar-refractivity contribution in [2.75, 3.05) is 12.3 Å². The Morgan fingerprint density at radius 1 is 1.15 bits per heavy atom. The Bertz CT molecular complexity index is 593. The zero-order chi connectivity index (χ0) is 13.9. The maximum Gasteiger partial charge on any atom is 0.128 e. The second kappa shape index (κ2) is 5.63. The third-order valence-corrected chi connectivity index (χ3v) is 3.77. The minimum absolute atomic E-state index is 0.139. The highest BCUT2D eigenvalue weighted by Crippen LogP contribution is 2.31. The Morgan fingerprint density at radius 3 is 2.65 bits per heavy atom. The van der Waals surface area contributed by atoms with Crippen molar-refractivity contribution in [3.63, 3.8) is 0 Å². The highest BCUT2D eigenvalue weighted by atomic mass is 19.1. The average molecular weight is 270 g/mol. The van der Waals surface area contributed by atoms with Crippen LogP contribution in [0.2, 0.25) is 0 Å². The first-order chi connectivity index (χ1) is 9.74. The molecule has 3 N–H and O–H groups in total. The summed E-state index contributed by atoms with van der Waals surface area (Å²) in [5, 5.41) is 3.49. The van der Waals surface area contributed by atoms with Crippen molar-refractivity contribution in [3.8, 4) is 0 Å². The van der Waals surface area contributed by atoms with Gasteiger partial charge in [0.25, 0.3) is 0 Å². The van der Waals surface area contributed by atoms with Crippen LogP contribution in [-0.2, 0) is 0 Å². The van der Waals surface area contributed by atoms with Crippen LogP contribution in [0.25, 0.3) is 0 Å². The third kappa shape index (κ3) is 2.99. The lowest BCUT2D eigenvalue weighted by Gasteiger charge is -2.20. The quantitative estimate of drug-likeness (QED) is 0.816. The van der Waals surface area contributed by atoms with Gasteiger partial charge in [0.15, 0.2) is 0 Å². The zero-order valence-corrected chi connectivity index (χ0v) is 11.4. The molecule has 3 heteroatoms. The highest BCUT2D eigenvalue weighted by molar-refractivity contribution is 5.44. The summed E-state index contributed by atoms with van der Waals surface area (Å²) in [5.41, 5.74) is 8.25. The largest absolute Gasteiger partial charge is 0.399 e. The van der Waals surface area contributed by atoms with Gasteiger partial charge in [0.2, 0.25) is 0 Å². The lowest BCUT2D eigenvalue weighted by atomic mass is 9.97. The van der Waals surface area contributed by atoms with Crippen LogP contribution >= 0.6 is 0 Å². The number of nitrogen functional groups attached to an aromatic ring is 1. The minimum Gasteiger partial charge on any atom is -0.399 e. The van der Waals surface area contributed by atoms with Gasteiger partial charge in [-0.25, -0.2) is 4.39 Å². The molecule has 0 radical (unpaired) electrons. The number of rotatable bonds is 5. The normalized spacial score (nSPS) is 16.1. The number of hydrogen-bond donors (Lipinski definition) is 2. The SMILES string of the molecule is Nc1cccc(C(NCC2CC2)c2ccccc2F)c1. The highest BCUT2D eigenvalue weighted by Gasteiger charge is 2.24. The standard InChI is InChI=1S/C17H19FN2/c18-16-7-2-1-6-15(16)17(20-11-12-8-9-12)13-4-3-5-14(19)10-13/h1-7,10,12,17,20H,8-9,11,19H2. The van der Waals surface area contributed by atoms with Gasteiger partial charge in [-0.3, -0.25) is 0 Å². The molecular weight excluding hydrogens is 251 g/mol. The maximum absolute atomic E-state index is 14.1. The summed E-state index contributed by atoms with van der Waals surface area (Å²) >= 11 is 0. The molecule has 2 aromatic rings. The van der Waals surface area contributed by atoms with Gasteiger partial charge in [-0.2, -0.15) is 0 Å². The van der Waals surface area contributed by atoms with Crippen molar-refractivity contribution in [3.05, 3.63) is 65.5 Å². The minimum atomic E-state index is -0.178. The first kappa shape index (κ1) is 13.1. The number of anilines is 1. The number of hydrogen-bond acceptors (Lipinski definition) is 2. The molecule has 0 spiro atoms. The summed E-state index contributed by atoms with van der Waals surface area (Å²) in [6.45, 7) is 0.924. The zero-order valence-electron chi connectivity index (χ0n) is 11.4. The molecule has 1 fully saturated rings. The Morgan fingerprint density at radius 2 is 1.95 bits per heavy atom. The molecule has 20 heavy (non-hydrogen) atoms. The molecule has 1 unspecified atom stereocenters. The molecule has 104 valence electrons. The fraction of sp³-hybridized carbons (Fsp3) is 0.294. The van der Waals surface area contributed by atoms with E-state index in [4.69, 9.17) is 5.73 Å². The van der Waals surface area contributed by atoms with E-state index in [0.29, 0.717) is 11.3 Å². The lowest BCUT2D eigenvalue weighted by Crippen LogP contribution is -2.25. The van der Waals surface area contributed by atoms with Crippen LogP contribution in [0, 0.1) is 11.7 Å². The molecule has 2 aromatic carbocycles. The van der Waals surface area contributed by atoms with Crippen molar-refractivity contribution in [2.24, 2.45) is 5.92 Å². The summed E-state index contributed by atoms with van der Waals surface area (Å²) in [4.78, 5) is 0. The number of benzene rings is 2. The van der Waals surface area contributed by atoms with Gasteiger partial charge in [0.05, 0.1) is 6.04 Å². The molecule has 3 rings (SSSR count). The van der Waals surface area contributed by atoms with Crippen molar-refractivity contribution in [1.29, 1.82) is 0 Å². The van der Waals surface area contributed by atoms with Gasteiger partial charge in [-0.15, -0.1) is 0 Å². The van der Waals surface area contributed by atoms with E-state index in [2.05, 4.69) is 5.32 Å². The fourth-order valence-corrected chi connectivity index (χ4v) is 2.46. The van der Waals surface area contributed by atoms with Crippen LogP contribution in [-0.4, -0.2) is 6.54 Å². The fourth-order valence-electron chi connectivity index (χ4n) is 2.46. The van der Waals surface area contributed by atoms with E-state index in [1.807, 2.05) is 36.4 Å². The van der Waals surface area contributed by atoms with Crippen LogP contribution in [0.5, 0.6) is 0 Å². The summed E-state index contributed by atoms with van der Waals surface area (Å²) in [6.07, 6.45) is 2.54. The van der Waals surface area contributed by atoms with Gasteiger partial charge in [0, 0.05) is 11.3 Å². The monoisotopic (exact) mass is 270 g/mol. The Kier molecular flexibility index (Phi) is 3.70. The number of halogens is 1. The lowest BCUT2D eigenvalue weighted by molar-refractivity contribution is 0.534. The van der Waals surface area contributed by atoms with Crippen LogP contribution in [0.1, 0.15) is 30.0 Å². The summed E-state index contributed by atoms with van der Waals surface area (Å²) < 4.78 is 14.1. The third-order valence-electron chi connectivity index (χ3n) is 3.77. The summed E-state index contributed by atoms with van der Waals surface area (Å²) in [5.74, 6) is 0.563. The maximum atomic E-state index is 14.1. The van der Waals surface area contributed by atoms with E-state index >= 15 is 0 Å². The van der Waals surface area contributed by atoms with Gasteiger partial charge in [-0.05, 0) is 49.1 Å². The molecule has 0 amide bonds. The topological polar surface area (TPSA) is 38.0 Å². The number of nitrogens with one attached hydrogen (secondary N) is 1. The van der Waals surface area contributed by atoms with Crippen LogP contribution in [0.4, 0.5) is 10.1 Å². The second-order valence-electron chi connectivity index (χ2n) is 5.48. The molecule has 1 aliphatic carbocycles. The van der Waals surface area contributed by atoms with Gasteiger partial charge in [-0.1, -0.05) is 30.3 Å². The van der Waals surface area contributed by atoms with E-state index in [1.165, 1.54) is 18.9 Å². The van der Waals surface area contributed by atoms with Crippen molar-refractivity contribution in [2.45, 2.75) is 18.9 Å². The van der Waals surface area contributed by atoms with E-state index in [-0.39, 0.29) is 11.9 Å². The average Bonchev–Trinajstić information content (AvgIpc) is 3.25. The van der Waals surface area contributed by atoms with Crippen molar-refractivity contribution >= 4 is 5.69 Å². The molecule has 1 atom stereocenters. The van der Waals surface area contributed by atoms with Crippen LogP contribution < -0.4 is 11.1 Å². The van der Waals surface area contributed by atoms with E-state index < -0.39 is 0 Å². The molecule has 1 saturated carbocycles. The molecule has 0 saturated heterocycles. The predicted octanol–water partition coefficient (Wildman–Crippen LogP) is 3.50. The first-order valence-electron chi connectivity index (χ1n) is 7.07.